The predicted molar refractivity (Wildman–Crippen MR) is 226 cm³/mol. The zero-order chi connectivity index (χ0) is 37.6. The van der Waals surface area contributed by atoms with Crippen molar-refractivity contribution in [2.75, 3.05) is 0 Å². The van der Waals surface area contributed by atoms with Gasteiger partial charge in [-0.25, -0.2) is 0 Å². The van der Waals surface area contributed by atoms with E-state index in [9.17, 15) is 0 Å². The van der Waals surface area contributed by atoms with Gasteiger partial charge >= 0.3 is 13.8 Å². The molecule has 0 spiro atoms. The molecule has 0 aliphatic heterocycles. The summed E-state index contributed by atoms with van der Waals surface area (Å²) in [7, 11) is 0. The normalized spacial score (nSPS) is 46.9. The van der Waals surface area contributed by atoms with Gasteiger partial charge in [0.1, 0.15) is 0 Å². The molecule has 8 aliphatic carbocycles. The lowest BCUT2D eigenvalue weighted by Crippen LogP contribution is -2.43. The lowest BCUT2D eigenvalue weighted by molar-refractivity contribution is 0.179. The van der Waals surface area contributed by atoms with Crippen molar-refractivity contribution >= 4 is 25.6 Å². The highest BCUT2D eigenvalue weighted by Gasteiger charge is 2.68. The van der Waals surface area contributed by atoms with Gasteiger partial charge in [-0.2, -0.15) is 0 Å². The zero-order valence-electron chi connectivity index (χ0n) is 35.7. The van der Waals surface area contributed by atoms with E-state index in [1.165, 1.54) is 56.3 Å². The van der Waals surface area contributed by atoms with Crippen LogP contribution in [0.4, 0.5) is 0 Å². The molecule has 8 saturated carbocycles. The quantitative estimate of drug-likeness (QED) is 0.135. The number of hydrogen-bond acceptors (Lipinski definition) is 3. The summed E-state index contributed by atoms with van der Waals surface area (Å²) in [6.07, 6.45) is 10.8. The molecule has 53 heavy (non-hydrogen) atoms. The fourth-order valence-corrected chi connectivity index (χ4v) is 16.0. The van der Waals surface area contributed by atoms with E-state index >= 15 is 0 Å². The third-order valence-corrected chi connectivity index (χ3v) is 20.8. The van der Waals surface area contributed by atoms with Crippen molar-refractivity contribution in [1.29, 1.82) is 0 Å². The fraction of sp³-hybridized carbons (Fsp3) is 0.833. The van der Waals surface area contributed by atoms with Crippen LogP contribution in [0.5, 0.6) is 0 Å². The molecule has 0 bridgehead atoms. The van der Waals surface area contributed by atoms with Crippen LogP contribution >= 0.6 is 11.8 Å². The van der Waals surface area contributed by atoms with Crippen LogP contribution in [0.25, 0.3) is 0 Å². The second kappa shape index (κ2) is 12.8. The molecule has 16 atom stereocenters. The molecular formula is C48H74B2O2S. The minimum Gasteiger partial charge on any atom is -0.536 e. The van der Waals surface area contributed by atoms with E-state index in [0.717, 1.165) is 53.3 Å². The van der Waals surface area contributed by atoms with Crippen molar-refractivity contribution < 1.29 is 9.31 Å². The first-order chi connectivity index (χ1) is 24.9. The third kappa shape index (κ3) is 6.26. The molecule has 9 rings (SSSR count). The SMILES string of the molecule is C[C@@H]1C[C@H]2[C@@H](C[C@H]1B(OC(=CSc1ccccc1)OB([C@@H]1C[C@@H]3[C@H](C[C@H]1C)C3(C)C)[C@@H]1C[C@@H]3[C@H](C[C@H]1C)C3(C)C)[C@@H]1C[C@@H]3[C@H](C[C@H]1C)C3(C)C)C2(C)C. The van der Waals surface area contributed by atoms with Gasteiger partial charge in [-0.05, 0) is 179 Å². The van der Waals surface area contributed by atoms with Gasteiger partial charge in [-0.15, -0.1) is 0 Å². The number of thioether (sulfide) groups is 1. The highest BCUT2D eigenvalue weighted by molar-refractivity contribution is 8.02. The molecule has 8 aliphatic rings. The van der Waals surface area contributed by atoms with E-state index in [-0.39, 0.29) is 13.8 Å². The lowest BCUT2D eigenvalue weighted by atomic mass is 9.38. The van der Waals surface area contributed by atoms with Crippen LogP contribution in [0.3, 0.4) is 0 Å². The predicted octanol–water partition coefficient (Wildman–Crippen LogP) is 13.9. The van der Waals surface area contributed by atoms with E-state index in [2.05, 4.69) is 119 Å². The van der Waals surface area contributed by atoms with E-state index < -0.39 is 0 Å². The summed E-state index contributed by atoms with van der Waals surface area (Å²) >= 11 is 1.82. The number of rotatable bonds is 10. The monoisotopic (exact) mass is 737 g/mol. The summed E-state index contributed by atoms with van der Waals surface area (Å²) in [5.41, 5.74) is 1.98. The molecule has 0 unspecified atom stereocenters. The van der Waals surface area contributed by atoms with Crippen LogP contribution in [0, 0.1) is 92.7 Å². The van der Waals surface area contributed by atoms with Crippen LogP contribution < -0.4 is 0 Å². The Morgan fingerprint density at radius 1 is 0.491 bits per heavy atom. The maximum atomic E-state index is 7.82. The molecule has 0 saturated heterocycles. The Morgan fingerprint density at radius 3 is 1.08 bits per heavy atom. The van der Waals surface area contributed by atoms with Gasteiger partial charge in [-0.3, -0.25) is 0 Å². The number of fused-ring (bicyclic) bond motifs is 4. The van der Waals surface area contributed by atoms with E-state index in [1.807, 2.05) is 11.8 Å². The van der Waals surface area contributed by atoms with Crippen molar-refractivity contribution in [2.45, 2.75) is 163 Å². The van der Waals surface area contributed by atoms with E-state index in [4.69, 9.17) is 9.31 Å². The van der Waals surface area contributed by atoms with Crippen molar-refractivity contribution in [3.63, 3.8) is 0 Å². The molecule has 1 aromatic rings. The Balaban J connectivity index is 1.07. The van der Waals surface area contributed by atoms with Crippen LogP contribution in [-0.2, 0) is 9.31 Å². The molecule has 2 nitrogen and oxygen atoms in total. The van der Waals surface area contributed by atoms with Crippen molar-refractivity contribution in [2.24, 2.45) is 92.7 Å². The summed E-state index contributed by atoms with van der Waals surface area (Å²) in [4.78, 5) is 1.27. The lowest BCUT2D eigenvalue weighted by Gasteiger charge is -2.43. The highest BCUT2D eigenvalue weighted by atomic mass is 32.2. The average Bonchev–Trinajstić information content (AvgIpc) is 4.05. The van der Waals surface area contributed by atoms with Gasteiger partial charge in [0.05, 0.1) is 5.41 Å². The second-order valence-corrected chi connectivity index (χ2v) is 24.6. The molecular weight excluding hydrogens is 662 g/mol. The van der Waals surface area contributed by atoms with Crippen molar-refractivity contribution in [3.8, 4) is 0 Å². The summed E-state index contributed by atoms with van der Waals surface area (Å²) in [6.45, 7) is 31.2. The minimum absolute atomic E-state index is 0.226. The van der Waals surface area contributed by atoms with Gasteiger partial charge in [0.15, 0.2) is 0 Å². The van der Waals surface area contributed by atoms with Gasteiger partial charge in [0.25, 0.3) is 0 Å². The molecule has 0 N–H and O–H groups in total. The van der Waals surface area contributed by atoms with E-state index in [0.29, 0.717) is 68.6 Å². The minimum atomic E-state index is 0.226. The first-order valence-electron chi connectivity index (χ1n) is 22.7. The highest BCUT2D eigenvalue weighted by Crippen LogP contribution is 2.74. The molecule has 0 heterocycles. The van der Waals surface area contributed by atoms with E-state index in [1.54, 1.807) is 0 Å². The maximum absolute atomic E-state index is 7.82. The number of hydrogen-bond donors (Lipinski definition) is 0. The molecule has 0 aromatic heterocycles. The number of benzene rings is 1. The average molecular weight is 737 g/mol. The first-order valence-corrected chi connectivity index (χ1v) is 23.5. The Hall–Kier alpha value is -0.960. The largest absolute Gasteiger partial charge is 0.536 e. The Labute approximate surface area is 330 Å². The molecule has 8 fully saturated rings. The van der Waals surface area contributed by atoms with Crippen LogP contribution in [0.1, 0.15) is 134 Å². The molecule has 1 aromatic carbocycles. The zero-order valence-corrected chi connectivity index (χ0v) is 36.6. The van der Waals surface area contributed by atoms with Gasteiger partial charge in [-0.1, -0.05) is 113 Å². The fourth-order valence-electron chi connectivity index (χ4n) is 15.4. The van der Waals surface area contributed by atoms with Gasteiger partial charge in [0.2, 0.25) is 5.95 Å². The summed E-state index contributed by atoms with van der Waals surface area (Å²) in [6, 6.07) is 11.0. The topological polar surface area (TPSA) is 18.5 Å². The van der Waals surface area contributed by atoms with Gasteiger partial charge < -0.3 is 9.31 Å². The summed E-state index contributed by atoms with van der Waals surface area (Å²) < 4.78 is 15.6. The van der Waals surface area contributed by atoms with Crippen molar-refractivity contribution in [3.05, 3.63) is 41.7 Å². The molecule has 0 amide bonds. The maximum Gasteiger partial charge on any atom is 0.368 e. The molecule has 290 valence electrons. The molecule has 5 heteroatoms. The first kappa shape index (κ1) is 37.6. The second-order valence-electron chi connectivity index (χ2n) is 23.6. The smallest absolute Gasteiger partial charge is 0.368 e. The van der Waals surface area contributed by atoms with Crippen LogP contribution in [0.2, 0.25) is 23.3 Å². The third-order valence-electron chi connectivity index (χ3n) is 19.9. The Kier molecular flexibility index (Phi) is 9.06. The Bertz CT molecular complexity index is 1390. The Morgan fingerprint density at radius 2 is 0.774 bits per heavy atom. The molecule has 0 radical (unpaired) electrons. The van der Waals surface area contributed by atoms with Crippen LogP contribution in [-0.4, -0.2) is 13.8 Å². The standard InChI is InChI=1S/C48H74B2O2S/c1-27-18-32-36(45(32,5)6)22-40(27)49(41-23-37-33(19-28(41)2)46(37,7)8)51-44(26-53-31-16-14-13-15-17-31)52-50(42-24-38-34(20-29(42)3)47(38,9)10)43-25-39-35(21-30(43)4)48(39,11)12/h13-17,26-30,32-43H,18-25H2,1-12H3/t27-,28-,29-,30-,32+,33+,34+,35+,36-,37-,38-,39-,40-,41-,42-,43-/m1/s1. The summed E-state index contributed by atoms with van der Waals surface area (Å²) in [5.74, 6) is 13.1. The van der Waals surface area contributed by atoms with Crippen LogP contribution in [0.15, 0.2) is 46.6 Å². The van der Waals surface area contributed by atoms with Crippen molar-refractivity contribution in [1.82, 2.24) is 0 Å². The van der Waals surface area contributed by atoms with Gasteiger partial charge in [0, 0.05) is 4.90 Å². The summed E-state index contributed by atoms with van der Waals surface area (Å²) in [5, 5.41) is 2.33.